The summed E-state index contributed by atoms with van der Waals surface area (Å²) in [5.41, 5.74) is 7.64. The van der Waals surface area contributed by atoms with Crippen LogP contribution in [0.2, 0.25) is 0 Å². The van der Waals surface area contributed by atoms with Gasteiger partial charge in [0, 0.05) is 10.0 Å². The molecule has 0 fully saturated rings. The van der Waals surface area contributed by atoms with Crippen LogP contribution in [-0.4, -0.2) is 0 Å². The van der Waals surface area contributed by atoms with Crippen LogP contribution in [0, 0.1) is 13.8 Å². The molecular weight excluding hydrogens is 320 g/mol. The number of hydrogen-bond donors (Lipinski definition) is 0. The van der Waals surface area contributed by atoms with Crippen LogP contribution in [0.25, 0.3) is 22.3 Å². The third kappa shape index (κ3) is 2.66. The smallest absolute Gasteiger partial charge is 0.0291 e. The Labute approximate surface area is 134 Å². The first-order valence-electron chi connectivity index (χ1n) is 7.09. The van der Waals surface area contributed by atoms with Gasteiger partial charge in [-0.3, -0.25) is 0 Å². The quantitative estimate of drug-likeness (QED) is 0.507. The zero-order chi connectivity index (χ0) is 14.8. The lowest BCUT2D eigenvalue weighted by molar-refractivity contribution is 1.32. The maximum Gasteiger partial charge on any atom is 0.0291 e. The van der Waals surface area contributed by atoms with E-state index in [1.807, 2.05) is 0 Å². The van der Waals surface area contributed by atoms with Gasteiger partial charge in [0.25, 0.3) is 0 Å². The monoisotopic (exact) mass is 336 g/mol. The highest BCUT2D eigenvalue weighted by molar-refractivity contribution is 9.10. The van der Waals surface area contributed by atoms with Gasteiger partial charge in [-0.05, 0) is 57.6 Å². The molecule has 3 aromatic rings. The van der Waals surface area contributed by atoms with Crippen molar-refractivity contribution in [2.24, 2.45) is 0 Å². The van der Waals surface area contributed by atoms with Gasteiger partial charge in [0.1, 0.15) is 0 Å². The molecule has 1 heteroatoms. The van der Waals surface area contributed by atoms with Crippen molar-refractivity contribution in [3.63, 3.8) is 0 Å². The molecule has 0 N–H and O–H groups in total. The van der Waals surface area contributed by atoms with Crippen LogP contribution >= 0.6 is 15.9 Å². The molecule has 0 nitrogen and oxygen atoms in total. The summed E-state index contributed by atoms with van der Waals surface area (Å²) < 4.78 is 1.19. The fourth-order valence-corrected chi connectivity index (χ4v) is 3.36. The van der Waals surface area contributed by atoms with E-state index >= 15 is 0 Å². The Bertz CT molecular complexity index is 759. The predicted octanol–water partition coefficient (Wildman–Crippen LogP) is 6.40. The predicted molar refractivity (Wildman–Crippen MR) is 94.5 cm³/mol. The molecule has 0 radical (unpaired) electrons. The molecule has 0 aliphatic heterocycles. The Hall–Kier alpha value is -1.86. The van der Waals surface area contributed by atoms with Crippen LogP contribution in [-0.2, 0) is 0 Å². The van der Waals surface area contributed by atoms with Crippen LogP contribution in [0.15, 0.2) is 71.2 Å². The summed E-state index contributed by atoms with van der Waals surface area (Å²) in [6.45, 7) is 4.34. The van der Waals surface area contributed by atoms with Gasteiger partial charge in [0.15, 0.2) is 0 Å². The fourth-order valence-electron chi connectivity index (χ4n) is 2.61. The van der Waals surface area contributed by atoms with Gasteiger partial charge in [0.05, 0.1) is 0 Å². The van der Waals surface area contributed by atoms with Gasteiger partial charge >= 0.3 is 0 Å². The molecule has 104 valence electrons. The van der Waals surface area contributed by atoms with Crippen molar-refractivity contribution < 1.29 is 0 Å². The highest BCUT2D eigenvalue weighted by Crippen LogP contribution is 2.40. The third-order valence-corrected chi connectivity index (χ3v) is 4.91. The summed E-state index contributed by atoms with van der Waals surface area (Å²) in [5.74, 6) is 0. The molecule has 3 aromatic carbocycles. The van der Waals surface area contributed by atoms with E-state index in [9.17, 15) is 0 Å². The molecule has 0 saturated heterocycles. The second-order valence-electron chi connectivity index (χ2n) is 5.29. The Kier molecular flexibility index (Phi) is 3.94. The van der Waals surface area contributed by atoms with Gasteiger partial charge in [-0.25, -0.2) is 0 Å². The molecule has 0 heterocycles. The van der Waals surface area contributed by atoms with E-state index < -0.39 is 0 Å². The lowest BCUT2D eigenvalue weighted by Crippen LogP contribution is -1.93. The minimum absolute atomic E-state index is 1.19. The first-order chi connectivity index (χ1) is 10.2. The average molecular weight is 337 g/mol. The van der Waals surface area contributed by atoms with Crippen molar-refractivity contribution in [1.82, 2.24) is 0 Å². The maximum absolute atomic E-state index is 3.82. The van der Waals surface area contributed by atoms with Crippen LogP contribution in [0.3, 0.4) is 0 Å². The van der Waals surface area contributed by atoms with E-state index in [-0.39, 0.29) is 0 Å². The second-order valence-corrected chi connectivity index (χ2v) is 6.08. The number of rotatable bonds is 2. The van der Waals surface area contributed by atoms with E-state index in [0.717, 1.165) is 0 Å². The summed E-state index contributed by atoms with van der Waals surface area (Å²) in [6.07, 6.45) is 0. The van der Waals surface area contributed by atoms with Crippen molar-refractivity contribution in [2.45, 2.75) is 13.8 Å². The highest BCUT2D eigenvalue weighted by Gasteiger charge is 2.14. The van der Waals surface area contributed by atoms with Crippen molar-refractivity contribution >= 4 is 15.9 Å². The van der Waals surface area contributed by atoms with E-state index in [0.29, 0.717) is 0 Å². The number of hydrogen-bond acceptors (Lipinski definition) is 0. The molecule has 21 heavy (non-hydrogen) atoms. The molecule has 0 aromatic heterocycles. The van der Waals surface area contributed by atoms with Gasteiger partial charge in [-0.2, -0.15) is 0 Å². The van der Waals surface area contributed by atoms with Crippen LogP contribution in [0.5, 0.6) is 0 Å². The molecular formula is C20H17Br. The summed E-state index contributed by atoms with van der Waals surface area (Å²) in [7, 11) is 0. The van der Waals surface area contributed by atoms with Gasteiger partial charge < -0.3 is 0 Å². The summed E-state index contributed by atoms with van der Waals surface area (Å²) in [5, 5.41) is 0. The van der Waals surface area contributed by atoms with Crippen molar-refractivity contribution in [3.8, 4) is 22.3 Å². The van der Waals surface area contributed by atoms with E-state index in [1.54, 1.807) is 0 Å². The SMILES string of the molecule is Cc1cc(-c2ccccc2)c(-c2ccccc2)c(Br)c1C. The molecule has 0 bridgehead atoms. The molecule has 0 spiro atoms. The highest BCUT2D eigenvalue weighted by atomic mass is 79.9. The third-order valence-electron chi connectivity index (χ3n) is 3.92. The van der Waals surface area contributed by atoms with Crippen molar-refractivity contribution in [2.75, 3.05) is 0 Å². The summed E-state index contributed by atoms with van der Waals surface area (Å²) >= 11 is 3.82. The number of halogens is 1. The van der Waals surface area contributed by atoms with Crippen molar-refractivity contribution in [3.05, 3.63) is 82.3 Å². The second kappa shape index (κ2) is 5.87. The summed E-state index contributed by atoms with van der Waals surface area (Å²) in [4.78, 5) is 0. The number of aryl methyl sites for hydroxylation is 1. The first-order valence-corrected chi connectivity index (χ1v) is 7.88. The topological polar surface area (TPSA) is 0 Å². The Morgan fingerprint density at radius 2 is 1.24 bits per heavy atom. The maximum atomic E-state index is 3.82. The molecule has 0 atom stereocenters. The molecule has 0 unspecified atom stereocenters. The van der Waals surface area contributed by atoms with Crippen LogP contribution in [0.4, 0.5) is 0 Å². The summed E-state index contributed by atoms with van der Waals surface area (Å²) in [6, 6.07) is 23.4. The van der Waals surface area contributed by atoms with Crippen LogP contribution in [0.1, 0.15) is 11.1 Å². The molecule has 0 saturated carbocycles. The normalized spacial score (nSPS) is 10.6. The standard InChI is InChI=1S/C20H17Br/c1-14-13-18(16-9-5-3-6-10-16)19(20(21)15(14)2)17-11-7-4-8-12-17/h3-13H,1-2H3. The van der Waals surface area contributed by atoms with E-state index in [1.165, 1.54) is 37.9 Å². The number of benzene rings is 3. The Morgan fingerprint density at radius 1 is 0.714 bits per heavy atom. The molecule has 0 aliphatic rings. The largest absolute Gasteiger partial charge is 0.0622 e. The van der Waals surface area contributed by atoms with Gasteiger partial charge in [0.2, 0.25) is 0 Å². The van der Waals surface area contributed by atoms with Gasteiger partial charge in [-0.1, -0.05) is 66.7 Å². The fraction of sp³-hybridized carbons (Fsp3) is 0.100. The van der Waals surface area contributed by atoms with E-state index in [4.69, 9.17) is 0 Å². The lowest BCUT2D eigenvalue weighted by Gasteiger charge is -2.17. The van der Waals surface area contributed by atoms with Gasteiger partial charge in [-0.15, -0.1) is 0 Å². The van der Waals surface area contributed by atoms with Crippen LogP contribution < -0.4 is 0 Å². The molecule has 3 rings (SSSR count). The zero-order valence-corrected chi connectivity index (χ0v) is 13.8. The molecule has 0 amide bonds. The van der Waals surface area contributed by atoms with Crippen molar-refractivity contribution in [1.29, 1.82) is 0 Å². The minimum Gasteiger partial charge on any atom is -0.0622 e. The zero-order valence-electron chi connectivity index (χ0n) is 12.2. The molecule has 0 aliphatic carbocycles. The first kappa shape index (κ1) is 14.1. The minimum atomic E-state index is 1.19. The lowest BCUT2D eigenvalue weighted by atomic mass is 9.91. The Balaban J connectivity index is 2.34. The Morgan fingerprint density at radius 3 is 1.81 bits per heavy atom. The van der Waals surface area contributed by atoms with E-state index in [2.05, 4.69) is 96.5 Å². The average Bonchev–Trinajstić information content (AvgIpc) is 2.54.